The third-order valence-electron chi connectivity index (χ3n) is 2.29. The molecule has 4 heteroatoms. The third-order valence-corrected chi connectivity index (χ3v) is 2.29. The summed E-state index contributed by atoms with van der Waals surface area (Å²) in [7, 11) is 1.81. The Kier molecular flexibility index (Phi) is 4.12. The largest absolute Gasteiger partial charge is 0.349 e. The molecule has 0 spiro atoms. The van der Waals surface area contributed by atoms with E-state index in [0.717, 1.165) is 12.1 Å². The number of aromatic nitrogens is 2. The Hall–Kier alpha value is -1.76. The minimum absolute atomic E-state index is 0.0117. The van der Waals surface area contributed by atoms with Gasteiger partial charge in [-0.2, -0.15) is 5.10 Å². The van der Waals surface area contributed by atoms with Crippen molar-refractivity contribution in [2.75, 3.05) is 0 Å². The first-order valence-corrected chi connectivity index (χ1v) is 5.35. The first-order valence-electron chi connectivity index (χ1n) is 5.35. The van der Waals surface area contributed by atoms with Crippen molar-refractivity contribution in [1.82, 2.24) is 15.1 Å². The summed E-state index contributed by atoms with van der Waals surface area (Å²) in [6.45, 7) is 3.86. The second kappa shape index (κ2) is 5.36. The molecule has 0 aliphatic heterocycles. The summed E-state index contributed by atoms with van der Waals surface area (Å²) in [6, 6.07) is -0.0117. The van der Waals surface area contributed by atoms with Crippen LogP contribution in [0.3, 0.4) is 0 Å². The fourth-order valence-electron chi connectivity index (χ4n) is 1.51. The third kappa shape index (κ3) is 2.86. The van der Waals surface area contributed by atoms with E-state index in [4.69, 9.17) is 6.42 Å². The van der Waals surface area contributed by atoms with Gasteiger partial charge in [-0.05, 0) is 13.3 Å². The molecule has 1 heterocycles. The second-order valence-corrected chi connectivity index (χ2v) is 3.80. The Morgan fingerprint density at radius 2 is 2.44 bits per heavy atom. The van der Waals surface area contributed by atoms with Crippen LogP contribution < -0.4 is 5.32 Å². The minimum atomic E-state index is -0.104. The van der Waals surface area contributed by atoms with Crippen molar-refractivity contribution in [1.29, 1.82) is 0 Å². The van der Waals surface area contributed by atoms with Crippen molar-refractivity contribution in [3.05, 3.63) is 17.5 Å². The van der Waals surface area contributed by atoms with Crippen molar-refractivity contribution in [2.24, 2.45) is 7.05 Å². The van der Waals surface area contributed by atoms with E-state index in [9.17, 15) is 4.79 Å². The van der Waals surface area contributed by atoms with Gasteiger partial charge in [0.05, 0.1) is 11.3 Å². The molecule has 0 aromatic carbocycles. The normalized spacial score (nSPS) is 11.9. The lowest BCUT2D eigenvalue weighted by Gasteiger charge is -2.10. The zero-order valence-corrected chi connectivity index (χ0v) is 9.95. The molecule has 0 radical (unpaired) electrons. The molecule has 0 aliphatic rings. The van der Waals surface area contributed by atoms with Crippen molar-refractivity contribution >= 4 is 5.91 Å². The van der Waals surface area contributed by atoms with E-state index < -0.39 is 0 Å². The van der Waals surface area contributed by atoms with Crippen LogP contribution in [-0.2, 0) is 13.5 Å². The van der Waals surface area contributed by atoms with Gasteiger partial charge in [0.2, 0.25) is 0 Å². The summed E-state index contributed by atoms with van der Waals surface area (Å²) in [5.74, 6) is 2.42. The first-order chi connectivity index (χ1) is 7.58. The van der Waals surface area contributed by atoms with Crippen molar-refractivity contribution in [3.8, 4) is 12.3 Å². The lowest BCUT2D eigenvalue weighted by Crippen LogP contribution is -2.32. The number of carbonyl (C=O) groups is 1. The average molecular weight is 219 g/mol. The van der Waals surface area contributed by atoms with Crippen LogP contribution in [0.4, 0.5) is 0 Å². The van der Waals surface area contributed by atoms with Crippen molar-refractivity contribution < 1.29 is 4.79 Å². The summed E-state index contributed by atoms with van der Waals surface area (Å²) in [5, 5.41) is 7.07. The molecule has 86 valence electrons. The summed E-state index contributed by atoms with van der Waals surface area (Å²) in [4.78, 5) is 11.9. The zero-order valence-electron chi connectivity index (χ0n) is 9.95. The lowest BCUT2D eigenvalue weighted by atomic mass is 10.1. The van der Waals surface area contributed by atoms with Gasteiger partial charge in [-0.1, -0.05) is 6.92 Å². The van der Waals surface area contributed by atoms with Gasteiger partial charge in [0.25, 0.3) is 5.91 Å². The Morgan fingerprint density at radius 3 is 3.00 bits per heavy atom. The maximum atomic E-state index is 11.9. The number of rotatable bonds is 4. The van der Waals surface area contributed by atoms with Crippen LogP contribution in [0.15, 0.2) is 6.20 Å². The highest BCUT2D eigenvalue weighted by atomic mass is 16.1. The van der Waals surface area contributed by atoms with Gasteiger partial charge in [-0.25, -0.2) is 0 Å². The van der Waals surface area contributed by atoms with Crippen LogP contribution in [0.2, 0.25) is 0 Å². The predicted molar refractivity (Wildman–Crippen MR) is 63.0 cm³/mol. The minimum Gasteiger partial charge on any atom is -0.349 e. The summed E-state index contributed by atoms with van der Waals surface area (Å²) in [6.07, 6.45) is 8.20. The SMILES string of the molecule is C#CCC(C)NC(=O)c1cn(C)nc1CC. The van der Waals surface area contributed by atoms with E-state index in [1.807, 2.05) is 13.8 Å². The maximum Gasteiger partial charge on any atom is 0.254 e. The summed E-state index contributed by atoms with van der Waals surface area (Å²) < 4.78 is 1.65. The quantitative estimate of drug-likeness (QED) is 0.771. The Labute approximate surface area is 96.0 Å². The van der Waals surface area contributed by atoms with E-state index >= 15 is 0 Å². The van der Waals surface area contributed by atoms with Crippen LogP contribution in [0.5, 0.6) is 0 Å². The van der Waals surface area contributed by atoms with Crippen LogP contribution in [0, 0.1) is 12.3 Å². The predicted octanol–water partition coefficient (Wildman–Crippen LogP) is 1.12. The van der Waals surface area contributed by atoms with Crippen LogP contribution in [-0.4, -0.2) is 21.7 Å². The van der Waals surface area contributed by atoms with E-state index in [1.165, 1.54) is 0 Å². The van der Waals surface area contributed by atoms with E-state index in [1.54, 1.807) is 17.9 Å². The van der Waals surface area contributed by atoms with Crippen LogP contribution in [0.1, 0.15) is 36.3 Å². The maximum absolute atomic E-state index is 11.9. The van der Waals surface area contributed by atoms with Crippen molar-refractivity contribution in [3.63, 3.8) is 0 Å². The number of hydrogen-bond donors (Lipinski definition) is 1. The van der Waals surface area contributed by atoms with Gasteiger partial charge in [-0.3, -0.25) is 9.48 Å². The molecular weight excluding hydrogens is 202 g/mol. The molecule has 1 aromatic heterocycles. The standard InChI is InChI=1S/C12H17N3O/c1-5-7-9(3)13-12(16)10-8-15(4)14-11(10)6-2/h1,8-9H,6-7H2,2-4H3,(H,13,16). The number of terminal acetylenes is 1. The number of nitrogens with zero attached hydrogens (tertiary/aromatic N) is 2. The number of aryl methyl sites for hydroxylation is 2. The molecular formula is C12H17N3O. The molecule has 1 aromatic rings. The zero-order chi connectivity index (χ0) is 12.1. The van der Waals surface area contributed by atoms with Crippen LogP contribution >= 0.6 is 0 Å². The van der Waals surface area contributed by atoms with Gasteiger partial charge in [0, 0.05) is 25.7 Å². The van der Waals surface area contributed by atoms with Gasteiger partial charge in [-0.15, -0.1) is 12.3 Å². The van der Waals surface area contributed by atoms with Crippen molar-refractivity contribution in [2.45, 2.75) is 32.7 Å². The highest BCUT2D eigenvalue weighted by molar-refractivity contribution is 5.95. The smallest absolute Gasteiger partial charge is 0.254 e. The molecule has 1 amide bonds. The number of amides is 1. The number of nitrogens with one attached hydrogen (secondary N) is 1. The molecule has 1 rings (SSSR count). The topological polar surface area (TPSA) is 46.9 Å². The molecule has 0 saturated carbocycles. The van der Waals surface area contributed by atoms with E-state index in [0.29, 0.717) is 12.0 Å². The molecule has 1 N–H and O–H groups in total. The monoisotopic (exact) mass is 219 g/mol. The van der Waals surface area contributed by atoms with E-state index in [-0.39, 0.29) is 11.9 Å². The number of hydrogen-bond acceptors (Lipinski definition) is 2. The highest BCUT2D eigenvalue weighted by Crippen LogP contribution is 2.07. The fourth-order valence-corrected chi connectivity index (χ4v) is 1.51. The van der Waals surface area contributed by atoms with Gasteiger partial charge in [0.1, 0.15) is 0 Å². The Morgan fingerprint density at radius 1 is 1.75 bits per heavy atom. The number of carbonyl (C=O) groups excluding carboxylic acids is 1. The molecule has 0 bridgehead atoms. The van der Waals surface area contributed by atoms with Crippen LogP contribution in [0.25, 0.3) is 0 Å². The fraction of sp³-hybridized carbons (Fsp3) is 0.500. The Bertz CT molecular complexity index is 414. The summed E-state index contributed by atoms with van der Waals surface area (Å²) >= 11 is 0. The van der Waals surface area contributed by atoms with Gasteiger partial charge in [0.15, 0.2) is 0 Å². The highest BCUT2D eigenvalue weighted by Gasteiger charge is 2.15. The summed E-state index contributed by atoms with van der Waals surface area (Å²) in [5.41, 5.74) is 1.45. The van der Waals surface area contributed by atoms with E-state index in [2.05, 4.69) is 16.3 Å². The molecule has 16 heavy (non-hydrogen) atoms. The molecule has 0 saturated heterocycles. The van der Waals surface area contributed by atoms with Gasteiger partial charge >= 0.3 is 0 Å². The first kappa shape index (κ1) is 12.3. The average Bonchev–Trinajstić information content (AvgIpc) is 2.59. The molecule has 0 fully saturated rings. The molecule has 4 nitrogen and oxygen atoms in total. The second-order valence-electron chi connectivity index (χ2n) is 3.80. The lowest BCUT2D eigenvalue weighted by molar-refractivity contribution is 0.0940. The Balaban J connectivity index is 2.76. The molecule has 1 atom stereocenters. The van der Waals surface area contributed by atoms with Gasteiger partial charge < -0.3 is 5.32 Å². The molecule has 0 aliphatic carbocycles. The molecule has 1 unspecified atom stereocenters.